The zero-order chi connectivity index (χ0) is 17.6. The Morgan fingerprint density at radius 3 is 2.88 bits per heavy atom. The average Bonchev–Trinajstić information content (AvgIpc) is 3.17. The molecule has 0 aliphatic carbocycles. The number of carboxylic acid groups (broad SMARTS) is 1. The number of carboxylic acids is 1. The molecule has 4 rings (SSSR count). The Kier molecular flexibility index (Phi) is 3.40. The van der Waals surface area contributed by atoms with E-state index in [2.05, 4.69) is 20.5 Å². The lowest BCUT2D eigenvalue weighted by atomic mass is 10.2. The van der Waals surface area contributed by atoms with Crippen LogP contribution >= 0.6 is 11.6 Å². The van der Waals surface area contributed by atoms with Crippen LogP contribution in [0.25, 0.3) is 16.4 Å². The van der Waals surface area contributed by atoms with Gasteiger partial charge in [0.2, 0.25) is 5.82 Å². The molecule has 0 saturated carbocycles. The zero-order valence-corrected chi connectivity index (χ0v) is 13.3. The van der Waals surface area contributed by atoms with Gasteiger partial charge in [0.25, 0.3) is 5.91 Å². The summed E-state index contributed by atoms with van der Waals surface area (Å²) in [6, 6.07) is 8.20. The molecule has 3 heterocycles. The van der Waals surface area contributed by atoms with Crippen LogP contribution in [0, 0.1) is 0 Å². The highest BCUT2D eigenvalue weighted by atomic mass is 35.5. The van der Waals surface area contributed by atoms with Gasteiger partial charge in [0, 0.05) is 22.3 Å². The number of benzene rings is 1. The number of nitrogens with one attached hydrogen (secondary N) is 2. The number of pyridine rings is 1. The van der Waals surface area contributed by atoms with E-state index in [4.69, 9.17) is 16.7 Å². The summed E-state index contributed by atoms with van der Waals surface area (Å²) in [7, 11) is 0. The SMILES string of the molecule is O=C(O)c1n[nH]c2ccc(NC(=O)c3ncc4cc(Cl)ccn34)cc12. The van der Waals surface area contributed by atoms with Gasteiger partial charge in [-0.25, -0.2) is 9.78 Å². The predicted octanol–water partition coefficient (Wildman–Crippen LogP) is 2.81. The van der Waals surface area contributed by atoms with Crippen molar-refractivity contribution in [2.24, 2.45) is 0 Å². The summed E-state index contributed by atoms with van der Waals surface area (Å²) in [5, 5.41) is 19.2. The van der Waals surface area contributed by atoms with Gasteiger partial charge in [-0.2, -0.15) is 5.10 Å². The Balaban J connectivity index is 1.69. The lowest BCUT2D eigenvalue weighted by Crippen LogP contribution is -2.15. The fraction of sp³-hybridized carbons (Fsp3) is 0. The number of carbonyl (C=O) groups is 2. The molecule has 3 aromatic heterocycles. The summed E-state index contributed by atoms with van der Waals surface area (Å²) < 4.78 is 1.61. The van der Waals surface area contributed by atoms with E-state index in [9.17, 15) is 9.59 Å². The van der Waals surface area contributed by atoms with Gasteiger partial charge in [-0.3, -0.25) is 14.3 Å². The summed E-state index contributed by atoms with van der Waals surface area (Å²) in [5.74, 6) is -1.38. The Hall–Kier alpha value is -3.39. The second kappa shape index (κ2) is 5.60. The van der Waals surface area contributed by atoms with Crippen LogP contribution < -0.4 is 5.32 Å². The molecule has 0 unspecified atom stereocenters. The molecule has 0 fully saturated rings. The first kappa shape index (κ1) is 15.2. The molecule has 0 aliphatic heterocycles. The predicted molar refractivity (Wildman–Crippen MR) is 91.2 cm³/mol. The molecule has 25 heavy (non-hydrogen) atoms. The highest BCUT2D eigenvalue weighted by Gasteiger charge is 2.16. The Labute approximate surface area is 145 Å². The smallest absolute Gasteiger partial charge is 0.357 e. The third kappa shape index (κ3) is 2.58. The van der Waals surface area contributed by atoms with Gasteiger partial charge in [0.05, 0.1) is 17.2 Å². The molecular formula is C16H10ClN5O3. The summed E-state index contributed by atoms with van der Waals surface area (Å²) in [5.41, 5.74) is 1.59. The fourth-order valence-corrected chi connectivity index (χ4v) is 2.75. The molecule has 3 N–H and O–H groups in total. The van der Waals surface area contributed by atoms with E-state index in [1.807, 2.05) is 0 Å². The molecule has 0 radical (unpaired) electrons. The van der Waals surface area contributed by atoms with Crippen molar-refractivity contribution >= 4 is 45.6 Å². The normalized spacial score (nSPS) is 11.1. The molecule has 124 valence electrons. The van der Waals surface area contributed by atoms with E-state index in [1.165, 1.54) is 0 Å². The highest BCUT2D eigenvalue weighted by molar-refractivity contribution is 6.30. The molecule has 0 saturated heterocycles. The van der Waals surface area contributed by atoms with Crippen LogP contribution in [0.1, 0.15) is 21.1 Å². The number of hydrogen-bond donors (Lipinski definition) is 3. The summed E-state index contributed by atoms with van der Waals surface area (Å²) in [6.07, 6.45) is 3.20. The van der Waals surface area contributed by atoms with Crippen LogP contribution in [0.5, 0.6) is 0 Å². The van der Waals surface area contributed by atoms with Crippen molar-refractivity contribution in [1.29, 1.82) is 0 Å². The van der Waals surface area contributed by atoms with Crippen LogP contribution in [-0.4, -0.2) is 36.6 Å². The maximum absolute atomic E-state index is 12.5. The number of nitrogens with zero attached hydrogens (tertiary/aromatic N) is 3. The van der Waals surface area contributed by atoms with E-state index in [0.717, 1.165) is 0 Å². The zero-order valence-electron chi connectivity index (χ0n) is 12.5. The fourth-order valence-electron chi connectivity index (χ4n) is 2.58. The van der Waals surface area contributed by atoms with Gasteiger partial charge in [-0.15, -0.1) is 0 Å². The van der Waals surface area contributed by atoms with Crippen molar-refractivity contribution in [3.63, 3.8) is 0 Å². The Bertz CT molecular complexity index is 1150. The number of imidazole rings is 1. The lowest BCUT2D eigenvalue weighted by molar-refractivity contribution is 0.0692. The average molecular weight is 356 g/mol. The topological polar surface area (TPSA) is 112 Å². The summed E-state index contributed by atoms with van der Waals surface area (Å²) in [4.78, 5) is 27.8. The van der Waals surface area contributed by atoms with Crippen molar-refractivity contribution in [2.45, 2.75) is 0 Å². The number of aromatic carboxylic acids is 1. The van der Waals surface area contributed by atoms with E-state index in [-0.39, 0.29) is 11.5 Å². The molecule has 4 aromatic rings. The maximum atomic E-state index is 12.5. The molecule has 0 aliphatic rings. The number of fused-ring (bicyclic) bond motifs is 2. The molecule has 9 heteroatoms. The first-order valence-corrected chi connectivity index (χ1v) is 7.56. The highest BCUT2D eigenvalue weighted by Crippen LogP contribution is 2.21. The van der Waals surface area contributed by atoms with E-state index in [1.54, 1.807) is 47.1 Å². The molecular weight excluding hydrogens is 346 g/mol. The van der Waals surface area contributed by atoms with Crippen LogP contribution in [0.15, 0.2) is 42.7 Å². The number of H-pyrrole nitrogens is 1. The maximum Gasteiger partial charge on any atom is 0.357 e. The number of aromatic nitrogens is 4. The minimum atomic E-state index is -1.15. The van der Waals surface area contributed by atoms with Crippen molar-refractivity contribution < 1.29 is 14.7 Å². The van der Waals surface area contributed by atoms with Gasteiger partial charge in [0.15, 0.2) is 5.69 Å². The first-order chi connectivity index (χ1) is 12.0. The van der Waals surface area contributed by atoms with Gasteiger partial charge in [-0.1, -0.05) is 11.6 Å². The molecule has 1 amide bonds. The van der Waals surface area contributed by atoms with Crippen molar-refractivity contribution in [3.05, 3.63) is 59.3 Å². The van der Waals surface area contributed by atoms with Crippen LogP contribution in [0.2, 0.25) is 5.02 Å². The standard InChI is InChI=1S/C16H10ClN5O3/c17-8-3-4-22-10(5-8)7-18-14(22)15(23)19-9-1-2-12-11(6-9)13(16(24)25)21-20-12/h1-7H,(H,19,23)(H,20,21)(H,24,25). The van der Waals surface area contributed by atoms with Gasteiger partial charge >= 0.3 is 5.97 Å². The van der Waals surface area contributed by atoms with Crippen LogP contribution in [0.3, 0.4) is 0 Å². The Morgan fingerprint density at radius 1 is 1.24 bits per heavy atom. The summed E-state index contributed by atoms with van der Waals surface area (Å²) >= 11 is 5.92. The number of rotatable bonds is 3. The number of aromatic amines is 1. The molecule has 0 spiro atoms. The van der Waals surface area contributed by atoms with E-state index < -0.39 is 11.9 Å². The van der Waals surface area contributed by atoms with Crippen LogP contribution in [0.4, 0.5) is 5.69 Å². The second-order valence-corrected chi connectivity index (χ2v) is 5.75. The first-order valence-electron chi connectivity index (χ1n) is 7.18. The van der Waals surface area contributed by atoms with Crippen molar-refractivity contribution in [1.82, 2.24) is 19.6 Å². The Morgan fingerprint density at radius 2 is 2.08 bits per heavy atom. The second-order valence-electron chi connectivity index (χ2n) is 5.31. The van der Waals surface area contributed by atoms with E-state index >= 15 is 0 Å². The van der Waals surface area contributed by atoms with E-state index in [0.29, 0.717) is 27.1 Å². The third-order valence-corrected chi connectivity index (χ3v) is 3.96. The van der Waals surface area contributed by atoms with Gasteiger partial charge in [0.1, 0.15) is 0 Å². The molecule has 0 bridgehead atoms. The third-order valence-electron chi connectivity index (χ3n) is 3.72. The number of hydrogen-bond acceptors (Lipinski definition) is 4. The number of halogens is 1. The molecule has 0 atom stereocenters. The number of anilines is 1. The quantitative estimate of drug-likeness (QED) is 0.523. The number of amides is 1. The molecule has 1 aromatic carbocycles. The van der Waals surface area contributed by atoms with Crippen molar-refractivity contribution in [2.75, 3.05) is 5.32 Å². The minimum absolute atomic E-state index is 0.105. The largest absolute Gasteiger partial charge is 0.476 e. The number of carbonyl (C=O) groups excluding carboxylic acids is 1. The van der Waals surface area contributed by atoms with Gasteiger partial charge < -0.3 is 10.4 Å². The summed E-state index contributed by atoms with van der Waals surface area (Å²) in [6.45, 7) is 0. The van der Waals surface area contributed by atoms with Crippen molar-refractivity contribution in [3.8, 4) is 0 Å². The lowest BCUT2D eigenvalue weighted by Gasteiger charge is -2.05. The van der Waals surface area contributed by atoms with Crippen LogP contribution in [-0.2, 0) is 0 Å². The minimum Gasteiger partial charge on any atom is -0.476 e. The van der Waals surface area contributed by atoms with Gasteiger partial charge in [-0.05, 0) is 30.3 Å². The molecule has 8 nitrogen and oxygen atoms in total. The monoisotopic (exact) mass is 355 g/mol.